The van der Waals surface area contributed by atoms with Crippen LogP contribution in [0.15, 0.2) is 51.5 Å². The van der Waals surface area contributed by atoms with Gasteiger partial charge in [-0.05, 0) is 55.7 Å². The van der Waals surface area contributed by atoms with E-state index in [0.29, 0.717) is 36.5 Å². The first-order valence-corrected chi connectivity index (χ1v) is 9.53. The van der Waals surface area contributed by atoms with Crippen molar-refractivity contribution < 1.29 is 13.8 Å². The quantitative estimate of drug-likeness (QED) is 0.422. The number of rotatable bonds is 7. The van der Waals surface area contributed by atoms with Gasteiger partial charge >= 0.3 is 0 Å². The predicted molar refractivity (Wildman–Crippen MR) is 107 cm³/mol. The van der Waals surface area contributed by atoms with E-state index in [4.69, 9.17) is 13.8 Å². The van der Waals surface area contributed by atoms with Gasteiger partial charge in [0.2, 0.25) is 11.7 Å². The number of benzene rings is 2. The molecule has 29 heavy (non-hydrogen) atoms. The SMILES string of the molecule is Cc1nc(-c2cc(C)c(OCCCc3noc(-c4ccccc4)n3)c(C)c2)no1. The van der Waals surface area contributed by atoms with E-state index in [1.807, 2.05) is 56.3 Å². The maximum atomic E-state index is 6.03. The fourth-order valence-corrected chi connectivity index (χ4v) is 3.18. The average molecular weight is 390 g/mol. The molecule has 0 N–H and O–H groups in total. The van der Waals surface area contributed by atoms with Gasteiger partial charge in [0.1, 0.15) is 5.75 Å². The average Bonchev–Trinajstić information content (AvgIpc) is 3.36. The van der Waals surface area contributed by atoms with E-state index in [0.717, 1.165) is 34.4 Å². The molecule has 2 aromatic heterocycles. The summed E-state index contributed by atoms with van der Waals surface area (Å²) in [6.07, 6.45) is 1.48. The largest absolute Gasteiger partial charge is 0.493 e. The summed E-state index contributed by atoms with van der Waals surface area (Å²) in [6.45, 7) is 6.38. The highest BCUT2D eigenvalue weighted by atomic mass is 16.5. The van der Waals surface area contributed by atoms with Crippen LogP contribution in [0.4, 0.5) is 0 Å². The van der Waals surface area contributed by atoms with E-state index in [1.165, 1.54) is 0 Å². The van der Waals surface area contributed by atoms with Gasteiger partial charge in [-0.3, -0.25) is 0 Å². The van der Waals surface area contributed by atoms with Crippen LogP contribution in [0.2, 0.25) is 0 Å². The van der Waals surface area contributed by atoms with E-state index in [9.17, 15) is 0 Å². The second-order valence-corrected chi connectivity index (χ2v) is 6.91. The van der Waals surface area contributed by atoms with Crippen molar-refractivity contribution in [2.75, 3.05) is 6.61 Å². The van der Waals surface area contributed by atoms with Crippen molar-refractivity contribution in [2.45, 2.75) is 33.6 Å². The predicted octanol–water partition coefficient (Wildman–Crippen LogP) is 4.72. The lowest BCUT2D eigenvalue weighted by atomic mass is 10.1. The Labute approximate surface area is 168 Å². The second-order valence-electron chi connectivity index (χ2n) is 6.91. The molecule has 0 saturated heterocycles. The van der Waals surface area contributed by atoms with Gasteiger partial charge in [-0.25, -0.2) is 0 Å². The fraction of sp³-hybridized carbons (Fsp3) is 0.273. The molecule has 0 aliphatic rings. The van der Waals surface area contributed by atoms with Gasteiger partial charge in [-0.2, -0.15) is 9.97 Å². The van der Waals surface area contributed by atoms with Crippen molar-refractivity contribution in [2.24, 2.45) is 0 Å². The van der Waals surface area contributed by atoms with Crippen LogP contribution >= 0.6 is 0 Å². The zero-order chi connectivity index (χ0) is 20.2. The van der Waals surface area contributed by atoms with Crippen LogP contribution in [0, 0.1) is 20.8 Å². The minimum Gasteiger partial charge on any atom is -0.493 e. The summed E-state index contributed by atoms with van der Waals surface area (Å²) < 4.78 is 16.4. The lowest BCUT2D eigenvalue weighted by Crippen LogP contribution is -2.03. The third-order valence-electron chi connectivity index (χ3n) is 4.53. The van der Waals surface area contributed by atoms with Crippen LogP contribution < -0.4 is 4.74 Å². The molecule has 0 aliphatic heterocycles. The lowest BCUT2D eigenvalue weighted by molar-refractivity contribution is 0.304. The molecule has 0 atom stereocenters. The van der Waals surface area contributed by atoms with Crippen LogP contribution in [0.3, 0.4) is 0 Å². The molecule has 0 aliphatic carbocycles. The van der Waals surface area contributed by atoms with Gasteiger partial charge in [0.15, 0.2) is 5.82 Å². The molecule has 2 heterocycles. The van der Waals surface area contributed by atoms with Crippen molar-refractivity contribution in [3.05, 3.63) is 65.3 Å². The van der Waals surface area contributed by atoms with Crippen LogP contribution in [-0.4, -0.2) is 26.9 Å². The van der Waals surface area contributed by atoms with E-state index < -0.39 is 0 Å². The topological polar surface area (TPSA) is 87.1 Å². The summed E-state index contributed by atoms with van der Waals surface area (Å²) in [6, 6.07) is 13.8. The molecule has 7 nitrogen and oxygen atoms in total. The molecule has 0 bridgehead atoms. The zero-order valence-electron chi connectivity index (χ0n) is 16.7. The lowest BCUT2D eigenvalue weighted by Gasteiger charge is -2.13. The molecule has 2 aromatic carbocycles. The zero-order valence-corrected chi connectivity index (χ0v) is 16.7. The number of hydrogen-bond donors (Lipinski definition) is 0. The summed E-state index contributed by atoms with van der Waals surface area (Å²) >= 11 is 0. The van der Waals surface area contributed by atoms with Crippen LogP contribution in [0.1, 0.15) is 29.3 Å². The van der Waals surface area contributed by atoms with Crippen LogP contribution in [0.5, 0.6) is 5.75 Å². The Morgan fingerprint density at radius 1 is 0.862 bits per heavy atom. The summed E-state index contributed by atoms with van der Waals surface area (Å²) in [5, 5.41) is 8.04. The number of hydrogen-bond acceptors (Lipinski definition) is 7. The number of nitrogens with zero attached hydrogens (tertiary/aromatic N) is 4. The van der Waals surface area contributed by atoms with E-state index >= 15 is 0 Å². The smallest absolute Gasteiger partial charge is 0.257 e. The molecule has 0 radical (unpaired) electrons. The Morgan fingerprint density at radius 3 is 2.31 bits per heavy atom. The van der Waals surface area contributed by atoms with Crippen molar-refractivity contribution in [1.29, 1.82) is 0 Å². The Morgan fingerprint density at radius 2 is 1.62 bits per heavy atom. The number of aryl methyl sites for hydroxylation is 4. The van der Waals surface area contributed by atoms with Gasteiger partial charge in [-0.15, -0.1) is 0 Å². The Kier molecular flexibility index (Phi) is 5.37. The van der Waals surface area contributed by atoms with Crippen molar-refractivity contribution in [3.63, 3.8) is 0 Å². The maximum absolute atomic E-state index is 6.03. The molecule has 0 amide bonds. The molecular formula is C22H22N4O3. The fourth-order valence-electron chi connectivity index (χ4n) is 3.18. The highest BCUT2D eigenvalue weighted by molar-refractivity contribution is 5.61. The van der Waals surface area contributed by atoms with Gasteiger partial charge in [0, 0.05) is 24.5 Å². The molecule has 148 valence electrons. The van der Waals surface area contributed by atoms with Gasteiger partial charge < -0.3 is 13.8 Å². The minimum atomic E-state index is 0.542. The molecule has 4 aromatic rings. The highest BCUT2D eigenvalue weighted by Crippen LogP contribution is 2.29. The summed E-state index contributed by atoms with van der Waals surface area (Å²) in [5.41, 5.74) is 3.91. The van der Waals surface area contributed by atoms with E-state index in [2.05, 4.69) is 20.3 Å². The normalized spacial score (nSPS) is 11.0. The molecule has 0 saturated carbocycles. The maximum Gasteiger partial charge on any atom is 0.257 e. The van der Waals surface area contributed by atoms with Gasteiger partial charge in [-0.1, -0.05) is 28.5 Å². The number of aromatic nitrogens is 4. The monoisotopic (exact) mass is 390 g/mol. The van der Waals surface area contributed by atoms with E-state index in [-0.39, 0.29) is 0 Å². The second kappa shape index (κ2) is 8.26. The third-order valence-corrected chi connectivity index (χ3v) is 4.53. The van der Waals surface area contributed by atoms with Crippen molar-refractivity contribution in [1.82, 2.24) is 20.3 Å². The third kappa shape index (κ3) is 4.34. The van der Waals surface area contributed by atoms with Crippen LogP contribution in [0.25, 0.3) is 22.8 Å². The van der Waals surface area contributed by atoms with Gasteiger partial charge in [0.05, 0.1) is 6.61 Å². The molecule has 0 unspecified atom stereocenters. The van der Waals surface area contributed by atoms with Crippen molar-refractivity contribution in [3.8, 4) is 28.6 Å². The minimum absolute atomic E-state index is 0.542. The summed E-state index contributed by atoms with van der Waals surface area (Å²) in [4.78, 5) is 8.74. The molecule has 0 spiro atoms. The Bertz CT molecular complexity index is 1080. The molecule has 7 heteroatoms. The van der Waals surface area contributed by atoms with Crippen LogP contribution in [-0.2, 0) is 6.42 Å². The van der Waals surface area contributed by atoms with Crippen molar-refractivity contribution >= 4 is 0 Å². The Balaban J connectivity index is 1.35. The first-order valence-electron chi connectivity index (χ1n) is 9.53. The first kappa shape index (κ1) is 18.9. The Hall–Kier alpha value is -3.48. The molecule has 0 fully saturated rings. The standard InChI is InChI=1S/C22H22N4O3/c1-14-12-18(21-23-16(3)28-26-21)13-15(2)20(14)27-11-7-10-19-24-22(29-25-19)17-8-5-4-6-9-17/h4-6,8-9,12-13H,7,10-11H2,1-3H3. The highest BCUT2D eigenvalue weighted by Gasteiger charge is 2.12. The summed E-state index contributed by atoms with van der Waals surface area (Å²) in [7, 11) is 0. The summed E-state index contributed by atoms with van der Waals surface area (Å²) in [5.74, 6) is 3.25. The molecule has 4 rings (SSSR count). The van der Waals surface area contributed by atoms with E-state index in [1.54, 1.807) is 6.92 Å². The molecular weight excluding hydrogens is 368 g/mol. The first-order chi connectivity index (χ1) is 14.1. The van der Waals surface area contributed by atoms with Gasteiger partial charge in [0.25, 0.3) is 5.89 Å². The number of ether oxygens (including phenoxy) is 1.